The van der Waals surface area contributed by atoms with Crippen LogP contribution < -0.4 is 10.6 Å². The van der Waals surface area contributed by atoms with Crippen LogP contribution >= 0.6 is 11.8 Å². The molecule has 0 atom stereocenters. The van der Waals surface area contributed by atoms with Gasteiger partial charge >= 0.3 is 0 Å². The fourth-order valence-electron chi connectivity index (χ4n) is 1.83. The second-order valence-corrected chi connectivity index (χ2v) is 5.71. The Labute approximate surface area is 138 Å². The molecular formula is C17H17FN2O2S. The quantitative estimate of drug-likeness (QED) is 0.605. The van der Waals surface area contributed by atoms with Gasteiger partial charge in [0, 0.05) is 23.5 Å². The largest absolute Gasteiger partial charge is 0.354 e. The van der Waals surface area contributed by atoms with Crippen molar-refractivity contribution in [2.24, 2.45) is 0 Å². The number of hydrogen-bond acceptors (Lipinski definition) is 3. The summed E-state index contributed by atoms with van der Waals surface area (Å²) in [6.07, 6.45) is 0. The molecule has 2 N–H and O–H groups in total. The minimum absolute atomic E-state index is 0.133. The van der Waals surface area contributed by atoms with E-state index in [4.69, 9.17) is 0 Å². The molecule has 0 saturated heterocycles. The molecule has 0 spiro atoms. The van der Waals surface area contributed by atoms with Crippen molar-refractivity contribution in [2.45, 2.75) is 4.90 Å². The first-order valence-electron chi connectivity index (χ1n) is 7.14. The van der Waals surface area contributed by atoms with Crippen LogP contribution in [0.15, 0.2) is 59.5 Å². The third kappa shape index (κ3) is 5.75. The Kier molecular flexibility index (Phi) is 6.62. The number of thioether (sulfide) groups is 1. The maximum atomic E-state index is 13.4. The van der Waals surface area contributed by atoms with E-state index in [9.17, 15) is 14.0 Å². The van der Waals surface area contributed by atoms with E-state index in [0.29, 0.717) is 23.5 Å². The van der Waals surface area contributed by atoms with Crippen LogP contribution in [0, 0.1) is 5.82 Å². The number of amides is 2. The summed E-state index contributed by atoms with van der Waals surface area (Å²) in [6.45, 7) is 0.666. The summed E-state index contributed by atoms with van der Waals surface area (Å²) >= 11 is 1.14. The minimum Gasteiger partial charge on any atom is -0.354 e. The van der Waals surface area contributed by atoms with Crippen molar-refractivity contribution in [1.82, 2.24) is 10.6 Å². The van der Waals surface area contributed by atoms with Crippen molar-refractivity contribution in [3.63, 3.8) is 0 Å². The van der Waals surface area contributed by atoms with Gasteiger partial charge in [-0.3, -0.25) is 9.59 Å². The van der Waals surface area contributed by atoms with Crippen LogP contribution in [0.4, 0.5) is 4.39 Å². The molecule has 2 aromatic rings. The Morgan fingerprint density at radius 1 is 0.913 bits per heavy atom. The van der Waals surface area contributed by atoms with E-state index < -0.39 is 0 Å². The van der Waals surface area contributed by atoms with E-state index in [1.54, 1.807) is 42.5 Å². The molecule has 0 bridgehead atoms. The number of carbonyl (C=O) groups excluding carboxylic acids is 2. The van der Waals surface area contributed by atoms with Crippen molar-refractivity contribution in [3.05, 3.63) is 66.0 Å². The van der Waals surface area contributed by atoms with Crippen molar-refractivity contribution >= 4 is 23.6 Å². The lowest BCUT2D eigenvalue weighted by Gasteiger charge is -2.07. The summed E-state index contributed by atoms with van der Waals surface area (Å²) in [5.41, 5.74) is 0.578. The van der Waals surface area contributed by atoms with Gasteiger partial charge in [0.25, 0.3) is 5.91 Å². The van der Waals surface area contributed by atoms with Crippen LogP contribution in [-0.4, -0.2) is 30.7 Å². The molecule has 23 heavy (non-hydrogen) atoms. The number of nitrogens with one attached hydrogen (secondary N) is 2. The van der Waals surface area contributed by atoms with Gasteiger partial charge in [0.05, 0.1) is 5.75 Å². The molecule has 0 fully saturated rings. The van der Waals surface area contributed by atoms with E-state index in [1.165, 1.54) is 6.07 Å². The Morgan fingerprint density at radius 2 is 1.57 bits per heavy atom. The van der Waals surface area contributed by atoms with E-state index in [-0.39, 0.29) is 23.4 Å². The lowest BCUT2D eigenvalue weighted by Crippen LogP contribution is -2.35. The molecule has 4 nitrogen and oxygen atoms in total. The van der Waals surface area contributed by atoms with Crippen molar-refractivity contribution < 1.29 is 14.0 Å². The highest BCUT2D eigenvalue weighted by atomic mass is 32.2. The summed E-state index contributed by atoms with van der Waals surface area (Å²) in [5, 5.41) is 5.40. The first kappa shape index (κ1) is 17.0. The van der Waals surface area contributed by atoms with Gasteiger partial charge in [0.2, 0.25) is 5.91 Å². The highest BCUT2D eigenvalue weighted by Gasteiger charge is 2.07. The third-order valence-corrected chi connectivity index (χ3v) is 4.01. The molecule has 6 heteroatoms. The first-order chi connectivity index (χ1) is 11.2. The number of carbonyl (C=O) groups is 2. The summed E-state index contributed by atoms with van der Waals surface area (Å²) in [4.78, 5) is 23.9. The highest BCUT2D eigenvalue weighted by Crippen LogP contribution is 2.20. The normalized spacial score (nSPS) is 10.1. The Balaban J connectivity index is 1.63. The van der Waals surface area contributed by atoms with Crippen molar-refractivity contribution in [1.29, 1.82) is 0 Å². The topological polar surface area (TPSA) is 58.2 Å². The highest BCUT2D eigenvalue weighted by molar-refractivity contribution is 8.00. The molecule has 0 radical (unpaired) electrons. The molecule has 0 heterocycles. The molecule has 0 saturated carbocycles. The van der Waals surface area contributed by atoms with Gasteiger partial charge in [0.1, 0.15) is 5.82 Å². The summed E-state index contributed by atoms with van der Waals surface area (Å²) < 4.78 is 13.4. The second-order valence-electron chi connectivity index (χ2n) is 4.69. The number of hydrogen-bond donors (Lipinski definition) is 2. The molecule has 2 rings (SSSR count). The van der Waals surface area contributed by atoms with Gasteiger partial charge in [0.15, 0.2) is 0 Å². The monoisotopic (exact) mass is 332 g/mol. The molecule has 0 aromatic heterocycles. The molecular weight excluding hydrogens is 315 g/mol. The predicted octanol–water partition coefficient (Wildman–Crippen LogP) is 2.46. The SMILES string of the molecule is O=C(CSc1ccccc1F)NCCNC(=O)c1ccccc1. The zero-order chi connectivity index (χ0) is 16.5. The van der Waals surface area contributed by atoms with Gasteiger partial charge in [-0.2, -0.15) is 0 Å². The number of rotatable bonds is 7. The molecule has 0 aliphatic heterocycles. The fraction of sp³-hybridized carbons (Fsp3) is 0.176. The molecule has 120 valence electrons. The van der Waals surface area contributed by atoms with E-state index in [2.05, 4.69) is 10.6 Å². The van der Waals surface area contributed by atoms with E-state index >= 15 is 0 Å². The predicted molar refractivity (Wildman–Crippen MR) is 88.9 cm³/mol. The second kappa shape index (κ2) is 8.95. The standard InChI is InChI=1S/C17H17FN2O2S/c18-14-8-4-5-9-15(14)23-12-16(21)19-10-11-20-17(22)13-6-2-1-3-7-13/h1-9H,10-12H2,(H,19,21)(H,20,22). The Bertz CT molecular complexity index is 665. The number of benzene rings is 2. The van der Waals surface area contributed by atoms with Crippen LogP contribution in [0.5, 0.6) is 0 Å². The lowest BCUT2D eigenvalue weighted by molar-refractivity contribution is -0.118. The molecule has 2 amide bonds. The molecule has 0 unspecified atom stereocenters. The van der Waals surface area contributed by atoms with Crippen LogP contribution in [-0.2, 0) is 4.79 Å². The van der Waals surface area contributed by atoms with Gasteiger partial charge in [-0.05, 0) is 24.3 Å². The van der Waals surface area contributed by atoms with Gasteiger partial charge in [-0.15, -0.1) is 11.8 Å². The average Bonchev–Trinajstić information content (AvgIpc) is 2.58. The van der Waals surface area contributed by atoms with Crippen molar-refractivity contribution in [2.75, 3.05) is 18.8 Å². The minimum atomic E-state index is -0.333. The fourth-order valence-corrected chi connectivity index (χ4v) is 2.60. The summed E-state index contributed by atoms with van der Waals surface area (Å²) in [7, 11) is 0. The maximum absolute atomic E-state index is 13.4. The van der Waals surface area contributed by atoms with Crippen LogP contribution in [0.25, 0.3) is 0 Å². The Morgan fingerprint density at radius 3 is 2.30 bits per heavy atom. The third-order valence-electron chi connectivity index (χ3n) is 2.96. The van der Waals surface area contributed by atoms with Crippen molar-refractivity contribution in [3.8, 4) is 0 Å². The smallest absolute Gasteiger partial charge is 0.251 e. The van der Waals surface area contributed by atoms with Crippen LogP contribution in [0.1, 0.15) is 10.4 Å². The molecule has 0 aliphatic carbocycles. The van der Waals surface area contributed by atoms with Crippen LogP contribution in [0.3, 0.4) is 0 Å². The average molecular weight is 332 g/mol. The summed E-state index contributed by atoms with van der Waals surface area (Å²) in [6, 6.07) is 15.2. The van der Waals surface area contributed by atoms with E-state index in [0.717, 1.165) is 11.8 Å². The zero-order valence-electron chi connectivity index (χ0n) is 12.4. The van der Waals surface area contributed by atoms with Gasteiger partial charge in [-0.1, -0.05) is 30.3 Å². The number of halogens is 1. The first-order valence-corrected chi connectivity index (χ1v) is 8.12. The van der Waals surface area contributed by atoms with Crippen LogP contribution in [0.2, 0.25) is 0 Å². The molecule has 2 aromatic carbocycles. The van der Waals surface area contributed by atoms with Gasteiger partial charge in [-0.25, -0.2) is 4.39 Å². The van der Waals surface area contributed by atoms with Gasteiger partial charge < -0.3 is 10.6 Å². The summed E-state index contributed by atoms with van der Waals surface area (Å²) in [5.74, 6) is -0.582. The Hall–Kier alpha value is -2.34. The van der Waals surface area contributed by atoms with E-state index in [1.807, 2.05) is 6.07 Å². The molecule has 0 aliphatic rings. The maximum Gasteiger partial charge on any atom is 0.251 e. The zero-order valence-corrected chi connectivity index (χ0v) is 13.2. The lowest BCUT2D eigenvalue weighted by atomic mass is 10.2.